The van der Waals surface area contributed by atoms with Crippen molar-refractivity contribution in [1.82, 2.24) is 4.90 Å². The highest BCUT2D eigenvalue weighted by Gasteiger charge is 2.36. The van der Waals surface area contributed by atoms with E-state index in [1.54, 1.807) is 0 Å². The molecule has 1 heterocycles. The van der Waals surface area contributed by atoms with Gasteiger partial charge in [0.15, 0.2) is 0 Å². The molecule has 5 heteroatoms. The lowest BCUT2D eigenvalue weighted by Crippen LogP contribution is -2.50. The monoisotopic (exact) mass is 283 g/mol. The van der Waals surface area contributed by atoms with Crippen LogP contribution in [-0.2, 0) is 14.3 Å². The van der Waals surface area contributed by atoms with E-state index in [4.69, 9.17) is 9.47 Å². The molecule has 0 aromatic carbocycles. The van der Waals surface area contributed by atoms with Crippen LogP contribution in [0.1, 0.15) is 47.0 Å². The number of carbonyl (C=O) groups is 2. The molecule has 1 aliphatic rings. The van der Waals surface area contributed by atoms with Gasteiger partial charge in [-0.25, -0.2) is 9.59 Å². The van der Waals surface area contributed by atoms with E-state index in [1.807, 2.05) is 20.8 Å². The number of amides is 1. The lowest BCUT2D eigenvalue weighted by atomic mass is 9.96. The molecule has 0 radical (unpaired) electrons. The fourth-order valence-corrected chi connectivity index (χ4v) is 2.24. The number of hydrogen-bond donors (Lipinski definition) is 0. The molecule has 1 fully saturated rings. The first-order valence-corrected chi connectivity index (χ1v) is 7.03. The Morgan fingerprint density at radius 3 is 2.55 bits per heavy atom. The van der Waals surface area contributed by atoms with E-state index in [0.29, 0.717) is 13.0 Å². The molecule has 0 N–H and O–H groups in total. The average Bonchev–Trinajstić information content (AvgIpc) is 2.36. The van der Waals surface area contributed by atoms with Crippen LogP contribution >= 0.6 is 0 Å². The Kier molecular flexibility index (Phi) is 5.60. The molecule has 0 saturated carbocycles. The van der Waals surface area contributed by atoms with Crippen LogP contribution < -0.4 is 0 Å². The van der Waals surface area contributed by atoms with Crippen molar-refractivity contribution in [1.29, 1.82) is 0 Å². The first kappa shape index (κ1) is 16.5. The Balaban J connectivity index is 2.86. The quantitative estimate of drug-likeness (QED) is 0.577. The van der Waals surface area contributed by atoms with E-state index in [-0.39, 0.29) is 0 Å². The molecule has 0 aromatic rings. The predicted octanol–water partition coefficient (Wildman–Crippen LogP) is 2.90. The summed E-state index contributed by atoms with van der Waals surface area (Å²) in [6.45, 7) is 7.97. The molecule has 0 aromatic heterocycles. The number of rotatable bonds is 2. The predicted molar refractivity (Wildman–Crippen MR) is 76.4 cm³/mol. The van der Waals surface area contributed by atoms with Crippen molar-refractivity contribution in [3.05, 3.63) is 11.6 Å². The highest BCUT2D eigenvalue weighted by molar-refractivity contribution is 5.82. The van der Waals surface area contributed by atoms with Crippen molar-refractivity contribution in [2.24, 2.45) is 0 Å². The van der Waals surface area contributed by atoms with E-state index in [0.717, 1.165) is 12.8 Å². The second kappa shape index (κ2) is 6.77. The van der Waals surface area contributed by atoms with Crippen LogP contribution in [0.25, 0.3) is 0 Å². The smallest absolute Gasteiger partial charge is 0.411 e. The van der Waals surface area contributed by atoms with Gasteiger partial charge in [-0.3, -0.25) is 4.90 Å². The molecule has 114 valence electrons. The lowest BCUT2D eigenvalue weighted by molar-refractivity contribution is -0.147. The fourth-order valence-electron chi connectivity index (χ4n) is 2.24. The Hall–Kier alpha value is -1.52. The van der Waals surface area contributed by atoms with E-state index in [9.17, 15) is 9.59 Å². The molecule has 1 unspecified atom stereocenters. The number of esters is 1. The zero-order valence-electron chi connectivity index (χ0n) is 13.1. The molecular weight excluding hydrogens is 258 g/mol. The molecule has 1 amide bonds. The summed E-state index contributed by atoms with van der Waals surface area (Å²) in [5.74, 6) is -0.391. The summed E-state index contributed by atoms with van der Waals surface area (Å²) in [5.41, 5.74) is 0.625. The molecule has 0 bridgehead atoms. The van der Waals surface area contributed by atoms with Crippen LogP contribution in [0.3, 0.4) is 0 Å². The van der Waals surface area contributed by atoms with Crippen LogP contribution in [0.4, 0.5) is 4.79 Å². The third-order valence-corrected chi connectivity index (χ3v) is 3.10. The molecule has 0 aliphatic carbocycles. The third kappa shape index (κ3) is 4.54. The van der Waals surface area contributed by atoms with Gasteiger partial charge in [-0.1, -0.05) is 18.6 Å². The van der Waals surface area contributed by atoms with Gasteiger partial charge in [0.25, 0.3) is 0 Å². The van der Waals surface area contributed by atoms with Crippen LogP contribution in [0.5, 0.6) is 0 Å². The van der Waals surface area contributed by atoms with Crippen molar-refractivity contribution >= 4 is 12.1 Å². The van der Waals surface area contributed by atoms with Crippen LogP contribution in [0.15, 0.2) is 11.6 Å². The summed E-state index contributed by atoms with van der Waals surface area (Å²) >= 11 is 0. The normalized spacial score (nSPS) is 21.8. The largest absolute Gasteiger partial charge is 0.467 e. The first-order valence-electron chi connectivity index (χ1n) is 7.03. The number of methoxy groups -OCH3 is 1. The summed E-state index contributed by atoms with van der Waals surface area (Å²) in [4.78, 5) is 25.6. The molecule has 20 heavy (non-hydrogen) atoms. The molecular formula is C15H25NO4. The summed E-state index contributed by atoms with van der Waals surface area (Å²) in [5, 5.41) is 0. The SMILES string of the molecule is CC/C=C1/CCN(C(=O)OC(C)(C)C)C(C(=O)OC)C1. The second-order valence-electron chi connectivity index (χ2n) is 5.94. The first-order chi connectivity index (χ1) is 9.28. The molecule has 5 nitrogen and oxygen atoms in total. The van der Waals surface area contributed by atoms with Crippen molar-refractivity contribution in [2.75, 3.05) is 13.7 Å². The summed E-state index contributed by atoms with van der Waals surface area (Å²) in [6.07, 6.45) is 3.89. The maximum Gasteiger partial charge on any atom is 0.411 e. The van der Waals surface area contributed by atoms with E-state index in [2.05, 4.69) is 13.0 Å². The Morgan fingerprint density at radius 2 is 2.05 bits per heavy atom. The van der Waals surface area contributed by atoms with Crippen molar-refractivity contribution < 1.29 is 19.1 Å². The van der Waals surface area contributed by atoms with Crippen molar-refractivity contribution in [2.45, 2.75) is 58.6 Å². The molecule has 1 aliphatic heterocycles. The summed E-state index contributed by atoms with van der Waals surface area (Å²) in [7, 11) is 1.34. The Morgan fingerprint density at radius 1 is 1.40 bits per heavy atom. The van der Waals surface area contributed by atoms with Gasteiger partial charge < -0.3 is 9.47 Å². The third-order valence-electron chi connectivity index (χ3n) is 3.10. The summed E-state index contributed by atoms with van der Waals surface area (Å²) in [6, 6.07) is -0.582. The second-order valence-corrected chi connectivity index (χ2v) is 5.94. The topological polar surface area (TPSA) is 55.8 Å². The van der Waals surface area contributed by atoms with Gasteiger partial charge in [0.1, 0.15) is 11.6 Å². The van der Waals surface area contributed by atoms with Crippen LogP contribution in [-0.4, -0.2) is 42.3 Å². The highest BCUT2D eigenvalue weighted by atomic mass is 16.6. The van der Waals surface area contributed by atoms with Gasteiger partial charge in [0, 0.05) is 6.54 Å². The Bertz CT molecular complexity index is 395. The minimum Gasteiger partial charge on any atom is -0.467 e. The summed E-state index contributed by atoms with van der Waals surface area (Å²) < 4.78 is 10.2. The number of nitrogens with zero attached hydrogens (tertiary/aromatic N) is 1. The molecule has 1 atom stereocenters. The maximum atomic E-state index is 12.2. The van der Waals surface area contributed by atoms with E-state index in [1.165, 1.54) is 17.6 Å². The van der Waals surface area contributed by atoms with Gasteiger partial charge in [0.05, 0.1) is 7.11 Å². The zero-order chi connectivity index (χ0) is 15.3. The van der Waals surface area contributed by atoms with Crippen molar-refractivity contribution in [3.63, 3.8) is 0 Å². The standard InChI is InChI=1S/C15H25NO4/c1-6-7-11-8-9-16(12(10-11)13(17)19-5)14(18)20-15(2,3)4/h7,12H,6,8-10H2,1-5H3/b11-7-. The highest BCUT2D eigenvalue weighted by Crippen LogP contribution is 2.25. The minimum atomic E-state index is -0.582. The zero-order valence-corrected chi connectivity index (χ0v) is 13.1. The van der Waals surface area contributed by atoms with Gasteiger partial charge in [-0.05, 0) is 40.0 Å². The fraction of sp³-hybridized carbons (Fsp3) is 0.733. The van der Waals surface area contributed by atoms with Crippen LogP contribution in [0, 0.1) is 0 Å². The van der Waals surface area contributed by atoms with Crippen LogP contribution in [0.2, 0.25) is 0 Å². The lowest BCUT2D eigenvalue weighted by Gasteiger charge is -2.36. The molecule has 1 rings (SSSR count). The number of carbonyl (C=O) groups excluding carboxylic acids is 2. The van der Waals surface area contributed by atoms with Crippen molar-refractivity contribution in [3.8, 4) is 0 Å². The van der Waals surface area contributed by atoms with E-state index < -0.39 is 23.7 Å². The minimum absolute atomic E-state index is 0.391. The molecule has 1 saturated heterocycles. The average molecular weight is 283 g/mol. The maximum absolute atomic E-state index is 12.2. The Labute approximate surface area is 120 Å². The number of allylic oxidation sites excluding steroid dienone is 1. The number of piperidine rings is 1. The number of ether oxygens (including phenoxy) is 2. The van der Waals surface area contributed by atoms with Gasteiger partial charge in [0.2, 0.25) is 0 Å². The van der Waals surface area contributed by atoms with Gasteiger partial charge in [-0.2, -0.15) is 0 Å². The van der Waals surface area contributed by atoms with Gasteiger partial charge >= 0.3 is 12.1 Å². The van der Waals surface area contributed by atoms with E-state index >= 15 is 0 Å². The number of hydrogen-bond acceptors (Lipinski definition) is 4. The number of likely N-dealkylation sites (tertiary alicyclic amines) is 1. The molecule has 0 spiro atoms. The van der Waals surface area contributed by atoms with Gasteiger partial charge in [-0.15, -0.1) is 0 Å².